The highest BCUT2D eigenvalue weighted by Crippen LogP contribution is 2.27. The second kappa shape index (κ2) is 3.28. The Bertz CT molecular complexity index is 335. The van der Waals surface area contributed by atoms with E-state index in [-0.39, 0.29) is 0 Å². The van der Waals surface area contributed by atoms with Gasteiger partial charge in [-0.3, -0.25) is 4.90 Å². The maximum absolute atomic E-state index is 3.55. The van der Waals surface area contributed by atoms with Crippen molar-refractivity contribution >= 4 is 5.69 Å². The lowest BCUT2D eigenvalue weighted by Gasteiger charge is -2.20. The lowest BCUT2D eigenvalue weighted by Crippen LogP contribution is -2.31. The van der Waals surface area contributed by atoms with E-state index in [0.717, 1.165) is 19.1 Å². The van der Waals surface area contributed by atoms with Crippen molar-refractivity contribution in [3.05, 3.63) is 29.8 Å². The standard InChI is InChI=1S/C12H16N2/c1-2-6-12-10(4-1)9-14-7-3-5-11(14)8-13-12/h1-2,4,6,11,13H,3,5,7-9H2/t11-/m1/s1. The van der Waals surface area contributed by atoms with Crippen molar-refractivity contribution in [2.24, 2.45) is 0 Å². The third kappa shape index (κ3) is 1.30. The first-order valence-electron chi connectivity index (χ1n) is 5.49. The second-order valence-corrected chi connectivity index (χ2v) is 4.30. The average Bonchev–Trinajstić information content (AvgIpc) is 2.58. The van der Waals surface area contributed by atoms with Crippen LogP contribution in [0, 0.1) is 0 Å². The number of nitrogens with one attached hydrogen (secondary N) is 1. The fourth-order valence-electron chi connectivity index (χ4n) is 2.61. The van der Waals surface area contributed by atoms with Crippen LogP contribution in [0.1, 0.15) is 18.4 Å². The Morgan fingerprint density at radius 1 is 1.29 bits per heavy atom. The monoisotopic (exact) mass is 188 g/mol. The number of anilines is 1. The van der Waals surface area contributed by atoms with Crippen molar-refractivity contribution in [1.82, 2.24) is 4.90 Å². The Hall–Kier alpha value is -1.02. The van der Waals surface area contributed by atoms with Gasteiger partial charge in [-0.15, -0.1) is 0 Å². The molecule has 0 spiro atoms. The Morgan fingerprint density at radius 3 is 3.21 bits per heavy atom. The molecule has 0 radical (unpaired) electrons. The number of fused-ring (bicyclic) bond motifs is 2. The fraction of sp³-hybridized carbons (Fsp3) is 0.500. The molecule has 2 heteroatoms. The number of benzene rings is 1. The second-order valence-electron chi connectivity index (χ2n) is 4.30. The molecule has 0 unspecified atom stereocenters. The minimum atomic E-state index is 0.766. The maximum Gasteiger partial charge on any atom is 0.0386 e. The summed E-state index contributed by atoms with van der Waals surface area (Å²) in [6.07, 6.45) is 2.73. The number of para-hydroxylation sites is 1. The molecule has 1 aromatic carbocycles. The van der Waals surface area contributed by atoms with Crippen LogP contribution in [0.3, 0.4) is 0 Å². The van der Waals surface area contributed by atoms with Gasteiger partial charge in [0.1, 0.15) is 0 Å². The molecule has 1 aromatic rings. The Balaban J connectivity index is 1.93. The van der Waals surface area contributed by atoms with Gasteiger partial charge >= 0.3 is 0 Å². The summed E-state index contributed by atoms with van der Waals surface area (Å²) in [4.78, 5) is 2.61. The van der Waals surface area contributed by atoms with E-state index in [1.54, 1.807) is 0 Å². The van der Waals surface area contributed by atoms with Crippen molar-refractivity contribution < 1.29 is 0 Å². The molecule has 14 heavy (non-hydrogen) atoms. The predicted octanol–water partition coefficient (Wildman–Crippen LogP) is 2.08. The molecule has 1 atom stereocenters. The molecule has 2 nitrogen and oxygen atoms in total. The van der Waals surface area contributed by atoms with Crippen LogP contribution in [0.5, 0.6) is 0 Å². The smallest absolute Gasteiger partial charge is 0.0386 e. The molecular formula is C12H16N2. The molecule has 0 bridgehead atoms. The lowest BCUT2D eigenvalue weighted by atomic mass is 10.2. The summed E-state index contributed by atoms with van der Waals surface area (Å²) in [5.74, 6) is 0. The zero-order valence-corrected chi connectivity index (χ0v) is 8.37. The summed E-state index contributed by atoms with van der Waals surface area (Å²) < 4.78 is 0. The first kappa shape index (κ1) is 8.30. The molecule has 0 amide bonds. The van der Waals surface area contributed by atoms with E-state index >= 15 is 0 Å². The number of hydrogen-bond acceptors (Lipinski definition) is 2. The van der Waals surface area contributed by atoms with E-state index in [0.29, 0.717) is 0 Å². The van der Waals surface area contributed by atoms with Crippen LogP contribution in [0.25, 0.3) is 0 Å². The third-order valence-electron chi connectivity index (χ3n) is 3.42. The number of rotatable bonds is 0. The molecule has 0 aromatic heterocycles. The Morgan fingerprint density at radius 2 is 2.21 bits per heavy atom. The van der Waals surface area contributed by atoms with Crippen LogP contribution in [-0.4, -0.2) is 24.0 Å². The molecule has 1 N–H and O–H groups in total. The van der Waals surface area contributed by atoms with Crippen molar-refractivity contribution in [1.29, 1.82) is 0 Å². The summed E-state index contributed by atoms with van der Waals surface area (Å²) in [6, 6.07) is 9.45. The van der Waals surface area contributed by atoms with E-state index in [1.807, 2.05) is 0 Å². The van der Waals surface area contributed by atoms with E-state index in [1.165, 1.54) is 30.6 Å². The Kier molecular flexibility index (Phi) is 1.95. The zero-order chi connectivity index (χ0) is 9.38. The number of nitrogens with zero attached hydrogens (tertiary/aromatic N) is 1. The van der Waals surface area contributed by atoms with Crippen molar-refractivity contribution in [3.8, 4) is 0 Å². The number of hydrogen-bond donors (Lipinski definition) is 1. The molecule has 0 aliphatic carbocycles. The van der Waals surface area contributed by atoms with Gasteiger partial charge in [-0.05, 0) is 31.0 Å². The lowest BCUT2D eigenvalue weighted by molar-refractivity contribution is 0.259. The summed E-state index contributed by atoms with van der Waals surface area (Å²) in [7, 11) is 0. The first-order chi connectivity index (χ1) is 6.93. The largest absolute Gasteiger partial charge is 0.383 e. The van der Waals surface area contributed by atoms with Gasteiger partial charge in [0.05, 0.1) is 0 Å². The summed E-state index contributed by atoms with van der Waals surface area (Å²) in [5.41, 5.74) is 2.79. The van der Waals surface area contributed by atoms with Gasteiger partial charge in [0, 0.05) is 24.8 Å². The highest BCUT2D eigenvalue weighted by atomic mass is 15.2. The van der Waals surface area contributed by atoms with Crippen molar-refractivity contribution in [3.63, 3.8) is 0 Å². The molecule has 2 aliphatic rings. The molecule has 2 heterocycles. The average molecular weight is 188 g/mol. The molecule has 3 rings (SSSR count). The maximum atomic E-state index is 3.55. The minimum Gasteiger partial charge on any atom is -0.383 e. The topological polar surface area (TPSA) is 15.3 Å². The molecular weight excluding hydrogens is 172 g/mol. The highest BCUT2D eigenvalue weighted by Gasteiger charge is 2.27. The van der Waals surface area contributed by atoms with Gasteiger partial charge in [0.15, 0.2) is 0 Å². The molecule has 2 aliphatic heterocycles. The van der Waals surface area contributed by atoms with E-state index in [4.69, 9.17) is 0 Å². The van der Waals surface area contributed by atoms with Gasteiger partial charge in [-0.2, -0.15) is 0 Å². The first-order valence-corrected chi connectivity index (χ1v) is 5.49. The SMILES string of the molecule is c1ccc2c(c1)CN1CCC[C@@H]1CN2. The van der Waals surface area contributed by atoms with E-state index in [2.05, 4.69) is 34.5 Å². The van der Waals surface area contributed by atoms with Gasteiger partial charge in [0.25, 0.3) is 0 Å². The van der Waals surface area contributed by atoms with Crippen molar-refractivity contribution in [2.45, 2.75) is 25.4 Å². The molecule has 1 fully saturated rings. The van der Waals surface area contributed by atoms with Crippen LogP contribution in [-0.2, 0) is 6.54 Å². The summed E-state index contributed by atoms with van der Waals surface area (Å²) >= 11 is 0. The van der Waals surface area contributed by atoms with E-state index in [9.17, 15) is 0 Å². The van der Waals surface area contributed by atoms with Crippen LogP contribution in [0.15, 0.2) is 24.3 Å². The van der Waals surface area contributed by atoms with Crippen molar-refractivity contribution in [2.75, 3.05) is 18.4 Å². The quantitative estimate of drug-likeness (QED) is 0.670. The zero-order valence-electron chi connectivity index (χ0n) is 8.37. The predicted molar refractivity (Wildman–Crippen MR) is 58.4 cm³/mol. The normalized spacial score (nSPS) is 26.1. The van der Waals surface area contributed by atoms with Crippen LogP contribution >= 0.6 is 0 Å². The molecule has 1 saturated heterocycles. The third-order valence-corrected chi connectivity index (χ3v) is 3.42. The van der Waals surface area contributed by atoms with Crippen LogP contribution in [0.4, 0.5) is 5.69 Å². The fourth-order valence-corrected chi connectivity index (χ4v) is 2.61. The summed E-state index contributed by atoms with van der Waals surface area (Å²) in [5, 5.41) is 3.55. The van der Waals surface area contributed by atoms with Gasteiger partial charge in [-0.1, -0.05) is 18.2 Å². The van der Waals surface area contributed by atoms with Crippen LogP contribution in [0.2, 0.25) is 0 Å². The molecule has 0 saturated carbocycles. The minimum absolute atomic E-state index is 0.766. The molecule has 74 valence electrons. The van der Waals surface area contributed by atoms with Gasteiger partial charge < -0.3 is 5.32 Å². The summed E-state index contributed by atoms with van der Waals surface area (Å²) in [6.45, 7) is 3.53. The van der Waals surface area contributed by atoms with E-state index < -0.39 is 0 Å². The van der Waals surface area contributed by atoms with Gasteiger partial charge in [0.2, 0.25) is 0 Å². The van der Waals surface area contributed by atoms with Gasteiger partial charge in [-0.25, -0.2) is 0 Å². The Labute approximate surface area is 84.9 Å². The van der Waals surface area contributed by atoms with Crippen LogP contribution < -0.4 is 5.32 Å². The highest BCUT2D eigenvalue weighted by molar-refractivity contribution is 5.52.